The molecular formula is C20H18FN3O5. The monoisotopic (exact) mass is 399 g/mol. The lowest BCUT2D eigenvalue weighted by atomic mass is 9.93. The minimum Gasteiger partial charge on any atom is -0.493 e. The third-order valence-corrected chi connectivity index (χ3v) is 4.67. The van der Waals surface area contributed by atoms with Gasteiger partial charge >= 0.3 is 0 Å². The topological polar surface area (TPSA) is 90.7 Å². The van der Waals surface area contributed by atoms with Crippen LogP contribution in [0.5, 0.6) is 17.2 Å². The molecule has 0 saturated carbocycles. The molecule has 0 unspecified atom stereocenters. The van der Waals surface area contributed by atoms with E-state index in [-0.39, 0.29) is 24.0 Å². The molecule has 0 bridgehead atoms. The number of nitrogens with zero attached hydrogens (tertiary/aromatic N) is 2. The summed E-state index contributed by atoms with van der Waals surface area (Å²) in [5.74, 6) is 0.269. The summed E-state index contributed by atoms with van der Waals surface area (Å²) in [7, 11) is 1.53. The molecule has 8 nitrogen and oxygen atoms in total. The van der Waals surface area contributed by atoms with Gasteiger partial charge in [-0.15, -0.1) is 0 Å². The second kappa shape index (κ2) is 7.78. The summed E-state index contributed by atoms with van der Waals surface area (Å²) >= 11 is 0. The first kappa shape index (κ1) is 18.7. The Hall–Kier alpha value is -3.62. The van der Waals surface area contributed by atoms with Gasteiger partial charge in [0.15, 0.2) is 23.3 Å². The predicted molar refractivity (Wildman–Crippen MR) is 102 cm³/mol. The average Bonchev–Trinajstić information content (AvgIpc) is 3.35. The van der Waals surface area contributed by atoms with Crippen LogP contribution in [0.15, 0.2) is 46.7 Å². The van der Waals surface area contributed by atoms with Crippen LogP contribution in [0, 0.1) is 11.7 Å². The summed E-state index contributed by atoms with van der Waals surface area (Å²) in [6.45, 7) is 1.92. The van der Waals surface area contributed by atoms with E-state index in [2.05, 4.69) is 15.7 Å². The molecule has 0 fully saturated rings. The Balaban J connectivity index is 1.45. The van der Waals surface area contributed by atoms with Crippen LogP contribution in [-0.2, 0) is 9.63 Å². The van der Waals surface area contributed by atoms with Gasteiger partial charge in [0.1, 0.15) is 5.82 Å². The number of hydrogen-bond donors (Lipinski definition) is 1. The van der Waals surface area contributed by atoms with Crippen LogP contribution >= 0.6 is 0 Å². The summed E-state index contributed by atoms with van der Waals surface area (Å²) in [5, 5.41) is 7.71. The highest BCUT2D eigenvalue weighted by molar-refractivity contribution is 6.39. The number of hydrogen-bond acceptors (Lipinski definition) is 7. The van der Waals surface area contributed by atoms with Crippen molar-refractivity contribution in [1.82, 2.24) is 5.43 Å². The number of benzene rings is 2. The van der Waals surface area contributed by atoms with Crippen molar-refractivity contribution >= 4 is 17.8 Å². The molecule has 1 amide bonds. The van der Waals surface area contributed by atoms with Gasteiger partial charge in [-0.2, -0.15) is 5.10 Å². The van der Waals surface area contributed by atoms with Crippen molar-refractivity contribution < 1.29 is 28.2 Å². The Bertz CT molecular complexity index is 1010. The number of fused-ring (bicyclic) bond motifs is 1. The zero-order valence-electron chi connectivity index (χ0n) is 15.7. The van der Waals surface area contributed by atoms with Crippen molar-refractivity contribution in [3.63, 3.8) is 0 Å². The Morgan fingerprint density at radius 2 is 2.17 bits per heavy atom. The number of hydrazone groups is 1. The lowest BCUT2D eigenvalue weighted by Crippen LogP contribution is -2.31. The molecule has 0 saturated heterocycles. The van der Waals surface area contributed by atoms with Crippen molar-refractivity contribution in [2.24, 2.45) is 16.2 Å². The van der Waals surface area contributed by atoms with Crippen LogP contribution in [0.25, 0.3) is 0 Å². The number of halogens is 1. The maximum Gasteiger partial charge on any atom is 0.289 e. The zero-order valence-corrected chi connectivity index (χ0v) is 15.7. The average molecular weight is 399 g/mol. The first-order valence-electron chi connectivity index (χ1n) is 8.87. The fraction of sp³-hybridized carbons (Fsp3) is 0.250. The minimum atomic E-state index is -0.528. The zero-order chi connectivity index (χ0) is 20.4. The molecule has 29 heavy (non-hydrogen) atoms. The smallest absolute Gasteiger partial charge is 0.289 e. The fourth-order valence-corrected chi connectivity index (χ4v) is 3.14. The van der Waals surface area contributed by atoms with Crippen LogP contribution < -0.4 is 19.6 Å². The van der Waals surface area contributed by atoms with Crippen molar-refractivity contribution in [2.45, 2.75) is 13.0 Å². The van der Waals surface area contributed by atoms with Crippen molar-refractivity contribution in [1.29, 1.82) is 0 Å². The number of amides is 1. The number of oxime groups is 1. The molecule has 2 aliphatic heterocycles. The molecule has 0 radical (unpaired) electrons. The number of carbonyl (C=O) groups is 1. The SMILES string of the molecule is COc1cc([C@H]2ON=C(C(=O)N/N=C\c3ccccc3F)[C@@H]2C)cc2c1OCO2. The molecule has 0 spiro atoms. The molecule has 1 N–H and O–H groups in total. The molecule has 0 aliphatic carbocycles. The van der Waals surface area contributed by atoms with E-state index in [1.807, 2.05) is 6.92 Å². The Kier molecular flexibility index (Phi) is 5.03. The van der Waals surface area contributed by atoms with E-state index < -0.39 is 17.8 Å². The first-order valence-corrected chi connectivity index (χ1v) is 8.87. The molecule has 2 heterocycles. The molecule has 2 aliphatic rings. The van der Waals surface area contributed by atoms with E-state index in [1.165, 1.54) is 19.4 Å². The highest BCUT2D eigenvalue weighted by atomic mass is 19.1. The lowest BCUT2D eigenvalue weighted by molar-refractivity contribution is -0.115. The fourth-order valence-electron chi connectivity index (χ4n) is 3.14. The van der Waals surface area contributed by atoms with Crippen LogP contribution in [0.2, 0.25) is 0 Å². The summed E-state index contributed by atoms with van der Waals surface area (Å²) in [6.07, 6.45) is 0.726. The first-order chi connectivity index (χ1) is 14.1. The van der Waals surface area contributed by atoms with Gasteiger partial charge in [0.2, 0.25) is 12.5 Å². The molecule has 2 aromatic rings. The van der Waals surface area contributed by atoms with Gasteiger partial charge in [-0.1, -0.05) is 30.3 Å². The van der Waals surface area contributed by atoms with Crippen LogP contribution in [0.4, 0.5) is 4.39 Å². The van der Waals surface area contributed by atoms with Gasteiger partial charge in [-0.05, 0) is 18.2 Å². The highest BCUT2D eigenvalue weighted by Crippen LogP contribution is 2.45. The standard InChI is InChI=1S/C20H18FN3O5/c1-11-17(20(25)23-22-9-12-5-3-4-6-14(12)21)24-29-18(11)13-7-15(26-2)19-16(8-13)27-10-28-19/h3-9,11,18H,10H2,1-2H3,(H,23,25)/b22-9-/t11-,18-/m0/s1. The van der Waals surface area contributed by atoms with Crippen molar-refractivity contribution in [3.05, 3.63) is 53.3 Å². The summed E-state index contributed by atoms with van der Waals surface area (Å²) in [4.78, 5) is 17.9. The molecular weight excluding hydrogens is 381 g/mol. The Morgan fingerprint density at radius 1 is 1.34 bits per heavy atom. The van der Waals surface area contributed by atoms with Gasteiger partial charge in [0, 0.05) is 11.1 Å². The third kappa shape index (κ3) is 3.58. The normalized spacial score (nSPS) is 19.8. The second-order valence-corrected chi connectivity index (χ2v) is 6.47. The number of methoxy groups -OCH3 is 1. The van der Waals surface area contributed by atoms with E-state index in [9.17, 15) is 9.18 Å². The third-order valence-electron chi connectivity index (χ3n) is 4.67. The van der Waals surface area contributed by atoms with E-state index in [0.29, 0.717) is 17.2 Å². The summed E-state index contributed by atoms with van der Waals surface area (Å²) < 4.78 is 29.8. The van der Waals surface area contributed by atoms with Crippen LogP contribution in [0.3, 0.4) is 0 Å². The maximum atomic E-state index is 13.6. The molecule has 9 heteroatoms. The summed E-state index contributed by atoms with van der Waals surface area (Å²) in [6, 6.07) is 9.65. The van der Waals surface area contributed by atoms with Crippen LogP contribution in [-0.4, -0.2) is 31.7 Å². The molecule has 2 atom stereocenters. The maximum absolute atomic E-state index is 13.6. The number of ether oxygens (including phenoxy) is 3. The second-order valence-electron chi connectivity index (χ2n) is 6.47. The van der Waals surface area contributed by atoms with E-state index >= 15 is 0 Å². The molecule has 0 aromatic heterocycles. The molecule has 4 rings (SSSR count). The Labute approximate surface area is 165 Å². The van der Waals surface area contributed by atoms with Gasteiger partial charge in [-0.25, -0.2) is 9.82 Å². The van der Waals surface area contributed by atoms with Gasteiger partial charge in [-0.3, -0.25) is 4.79 Å². The Morgan fingerprint density at radius 3 is 2.97 bits per heavy atom. The highest BCUT2D eigenvalue weighted by Gasteiger charge is 2.37. The van der Waals surface area contributed by atoms with Crippen LogP contribution in [0.1, 0.15) is 24.2 Å². The largest absolute Gasteiger partial charge is 0.493 e. The van der Waals surface area contributed by atoms with Gasteiger partial charge in [0.05, 0.1) is 19.2 Å². The number of nitrogens with one attached hydrogen (secondary N) is 1. The number of carbonyl (C=O) groups excluding carboxylic acids is 1. The van der Waals surface area contributed by atoms with Crippen molar-refractivity contribution in [2.75, 3.05) is 13.9 Å². The number of rotatable bonds is 5. The predicted octanol–water partition coefficient (Wildman–Crippen LogP) is 2.78. The molecule has 150 valence electrons. The van der Waals surface area contributed by atoms with E-state index in [1.54, 1.807) is 30.3 Å². The van der Waals surface area contributed by atoms with E-state index in [4.69, 9.17) is 19.0 Å². The quantitative estimate of drug-likeness (QED) is 0.617. The van der Waals surface area contributed by atoms with Gasteiger partial charge in [0.25, 0.3) is 5.91 Å². The lowest BCUT2D eigenvalue weighted by Gasteiger charge is -2.16. The van der Waals surface area contributed by atoms with Crippen molar-refractivity contribution in [3.8, 4) is 17.2 Å². The van der Waals surface area contributed by atoms with Gasteiger partial charge < -0.3 is 19.0 Å². The van der Waals surface area contributed by atoms with E-state index in [0.717, 1.165) is 5.56 Å². The summed E-state index contributed by atoms with van der Waals surface area (Å²) in [5.41, 5.74) is 3.52. The molecule has 2 aromatic carbocycles. The minimum absolute atomic E-state index is 0.112.